The van der Waals surface area contributed by atoms with Crippen LogP contribution in [0.2, 0.25) is 0 Å². The van der Waals surface area contributed by atoms with Gasteiger partial charge in [-0.25, -0.2) is 18.3 Å². The molecule has 0 saturated carbocycles. The van der Waals surface area contributed by atoms with Gasteiger partial charge in [-0.2, -0.15) is 4.98 Å². The Morgan fingerprint density at radius 2 is 2.04 bits per heavy atom. The third-order valence-corrected chi connectivity index (χ3v) is 4.25. The molecule has 1 aromatic heterocycles. The Morgan fingerprint density at radius 3 is 2.64 bits per heavy atom. The Hall–Kier alpha value is -2.42. The predicted molar refractivity (Wildman–Crippen MR) is 89.3 cm³/mol. The highest BCUT2D eigenvalue weighted by atomic mass is 32.2. The molecule has 0 spiro atoms. The molecule has 0 amide bonds. The van der Waals surface area contributed by atoms with Crippen LogP contribution >= 0.6 is 11.8 Å². The number of carbonyl (C=O) groups is 1. The lowest BCUT2D eigenvalue weighted by Crippen LogP contribution is -2.29. The van der Waals surface area contributed by atoms with E-state index in [9.17, 15) is 13.6 Å². The van der Waals surface area contributed by atoms with Crippen molar-refractivity contribution in [2.45, 2.75) is 25.0 Å². The van der Waals surface area contributed by atoms with Crippen molar-refractivity contribution in [2.75, 3.05) is 18.2 Å². The number of nitrogens with one attached hydrogen (secondary N) is 1. The second-order valence-electron chi connectivity index (χ2n) is 5.36. The molecule has 0 fully saturated rings. The van der Waals surface area contributed by atoms with Crippen LogP contribution in [0.5, 0.6) is 0 Å². The van der Waals surface area contributed by atoms with Crippen LogP contribution in [-0.4, -0.2) is 33.6 Å². The van der Waals surface area contributed by atoms with Crippen LogP contribution in [0.4, 0.5) is 14.7 Å². The summed E-state index contributed by atoms with van der Waals surface area (Å²) in [4.78, 5) is 16.8. The SMILES string of the molecule is CCOC(=O)C1=C(C)Nc2nc(SC)nn2[C@H]1c1cc(F)cc(F)c1. The first-order valence-electron chi connectivity index (χ1n) is 7.56. The molecule has 0 saturated heterocycles. The van der Waals surface area contributed by atoms with E-state index in [2.05, 4.69) is 15.4 Å². The highest BCUT2D eigenvalue weighted by Crippen LogP contribution is 2.36. The van der Waals surface area contributed by atoms with E-state index in [0.29, 0.717) is 16.8 Å². The number of hydrogen-bond acceptors (Lipinski definition) is 6. The van der Waals surface area contributed by atoms with Crippen LogP contribution in [0.15, 0.2) is 34.6 Å². The molecule has 1 aliphatic heterocycles. The van der Waals surface area contributed by atoms with Gasteiger partial charge < -0.3 is 10.1 Å². The van der Waals surface area contributed by atoms with E-state index in [0.717, 1.165) is 6.07 Å². The van der Waals surface area contributed by atoms with Gasteiger partial charge in [-0.05, 0) is 37.8 Å². The summed E-state index contributed by atoms with van der Waals surface area (Å²) in [6, 6.07) is 2.29. The molecule has 1 aliphatic rings. The Labute approximate surface area is 147 Å². The zero-order valence-electron chi connectivity index (χ0n) is 13.8. The third-order valence-electron chi connectivity index (χ3n) is 3.71. The molecule has 1 N–H and O–H groups in total. The summed E-state index contributed by atoms with van der Waals surface area (Å²) in [7, 11) is 0. The summed E-state index contributed by atoms with van der Waals surface area (Å²) in [5, 5.41) is 7.81. The second-order valence-corrected chi connectivity index (χ2v) is 6.13. The van der Waals surface area contributed by atoms with Crippen LogP contribution in [-0.2, 0) is 9.53 Å². The molecule has 2 heterocycles. The van der Waals surface area contributed by atoms with Crippen molar-refractivity contribution < 1.29 is 18.3 Å². The maximum Gasteiger partial charge on any atom is 0.338 e. The summed E-state index contributed by atoms with van der Waals surface area (Å²) < 4.78 is 34.1. The van der Waals surface area contributed by atoms with Gasteiger partial charge in [0.1, 0.15) is 17.7 Å². The van der Waals surface area contributed by atoms with Crippen LogP contribution in [0, 0.1) is 11.6 Å². The van der Waals surface area contributed by atoms with Gasteiger partial charge in [0, 0.05) is 11.8 Å². The van der Waals surface area contributed by atoms with Gasteiger partial charge in [0.05, 0.1) is 12.2 Å². The smallest absolute Gasteiger partial charge is 0.338 e. The second kappa shape index (κ2) is 6.83. The number of rotatable bonds is 4. The lowest BCUT2D eigenvalue weighted by molar-refractivity contribution is -0.139. The Balaban J connectivity index is 2.20. The van der Waals surface area contributed by atoms with Crippen molar-refractivity contribution in [3.05, 3.63) is 46.7 Å². The first kappa shape index (κ1) is 17.4. The van der Waals surface area contributed by atoms with Crippen molar-refractivity contribution in [1.29, 1.82) is 0 Å². The minimum absolute atomic E-state index is 0.181. The average Bonchev–Trinajstić information content (AvgIpc) is 2.95. The summed E-state index contributed by atoms with van der Waals surface area (Å²) in [5.41, 5.74) is 0.984. The molecule has 132 valence electrons. The summed E-state index contributed by atoms with van der Waals surface area (Å²) in [6.07, 6.45) is 1.81. The molecule has 0 bridgehead atoms. The van der Waals surface area contributed by atoms with Gasteiger partial charge >= 0.3 is 5.97 Å². The fraction of sp³-hybridized carbons (Fsp3) is 0.312. The van der Waals surface area contributed by atoms with Crippen molar-refractivity contribution in [1.82, 2.24) is 14.8 Å². The number of benzene rings is 1. The number of halogens is 2. The van der Waals surface area contributed by atoms with E-state index >= 15 is 0 Å². The fourth-order valence-electron chi connectivity index (χ4n) is 2.73. The van der Waals surface area contributed by atoms with E-state index in [1.165, 1.54) is 28.6 Å². The number of carbonyl (C=O) groups excluding carboxylic acids is 1. The number of esters is 1. The van der Waals surface area contributed by atoms with Gasteiger partial charge in [0.2, 0.25) is 11.1 Å². The van der Waals surface area contributed by atoms with Gasteiger partial charge in [0.25, 0.3) is 0 Å². The number of nitrogens with zero attached hydrogens (tertiary/aromatic N) is 3. The van der Waals surface area contributed by atoms with Gasteiger partial charge in [-0.15, -0.1) is 5.10 Å². The Bertz CT molecular complexity index is 846. The highest BCUT2D eigenvalue weighted by Gasteiger charge is 2.35. The zero-order chi connectivity index (χ0) is 18.1. The fourth-order valence-corrected chi connectivity index (χ4v) is 3.08. The van der Waals surface area contributed by atoms with Gasteiger partial charge in [0.15, 0.2) is 0 Å². The topological polar surface area (TPSA) is 69.0 Å². The van der Waals surface area contributed by atoms with Gasteiger partial charge in [-0.3, -0.25) is 0 Å². The quantitative estimate of drug-likeness (QED) is 0.662. The number of aromatic nitrogens is 3. The van der Waals surface area contributed by atoms with E-state index < -0.39 is 23.6 Å². The molecular weight excluding hydrogens is 350 g/mol. The number of allylic oxidation sites excluding steroid dienone is 1. The summed E-state index contributed by atoms with van der Waals surface area (Å²) >= 11 is 1.32. The molecule has 1 aromatic carbocycles. The first-order chi connectivity index (χ1) is 11.9. The van der Waals surface area contributed by atoms with Crippen molar-refractivity contribution in [3.63, 3.8) is 0 Å². The number of thioether (sulfide) groups is 1. The molecule has 6 nitrogen and oxygen atoms in total. The molecule has 0 aliphatic carbocycles. The molecule has 3 rings (SSSR count). The Morgan fingerprint density at radius 1 is 1.36 bits per heavy atom. The molecular formula is C16H16F2N4O2S. The van der Waals surface area contributed by atoms with E-state index in [4.69, 9.17) is 4.74 Å². The average molecular weight is 366 g/mol. The summed E-state index contributed by atoms with van der Waals surface area (Å²) in [5.74, 6) is -1.65. The maximum atomic E-state index is 13.8. The number of fused-ring (bicyclic) bond motifs is 1. The molecule has 1 atom stereocenters. The lowest BCUT2D eigenvalue weighted by atomic mass is 9.95. The van der Waals surface area contributed by atoms with E-state index in [1.54, 1.807) is 13.8 Å². The number of anilines is 1. The first-order valence-corrected chi connectivity index (χ1v) is 8.78. The third kappa shape index (κ3) is 3.23. The number of ether oxygens (including phenoxy) is 1. The minimum Gasteiger partial charge on any atom is -0.463 e. The molecule has 0 unspecified atom stereocenters. The van der Waals surface area contributed by atoms with E-state index in [1.807, 2.05) is 6.26 Å². The lowest BCUT2D eigenvalue weighted by Gasteiger charge is -2.28. The van der Waals surface area contributed by atoms with Gasteiger partial charge in [-0.1, -0.05) is 11.8 Å². The van der Waals surface area contributed by atoms with Crippen LogP contribution in [0.1, 0.15) is 25.5 Å². The number of hydrogen-bond donors (Lipinski definition) is 1. The molecule has 0 radical (unpaired) electrons. The Kier molecular flexibility index (Phi) is 4.76. The molecule has 9 heteroatoms. The van der Waals surface area contributed by atoms with Crippen LogP contribution in [0.25, 0.3) is 0 Å². The normalized spacial score (nSPS) is 16.4. The van der Waals surface area contributed by atoms with Crippen LogP contribution < -0.4 is 5.32 Å². The molecule has 2 aromatic rings. The van der Waals surface area contributed by atoms with Crippen molar-refractivity contribution in [3.8, 4) is 0 Å². The van der Waals surface area contributed by atoms with Crippen molar-refractivity contribution >= 4 is 23.7 Å². The standard InChI is InChI=1S/C16H16F2N4O2S/c1-4-24-14(23)12-8(2)19-15-20-16(25-3)21-22(15)13(12)9-5-10(17)7-11(18)6-9/h5-7,13H,4H2,1-3H3,(H,19,20,21)/t13-/m0/s1. The van der Waals surface area contributed by atoms with Crippen LogP contribution in [0.3, 0.4) is 0 Å². The van der Waals surface area contributed by atoms with E-state index in [-0.39, 0.29) is 17.7 Å². The predicted octanol–water partition coefficient (Wildman–Crippen LogP) is 3.13. The highest BCUT2D eigenvalue weighted by molar-refractivity contribution is 7.98. The monoisotopic (exact) mass is 366 g/mol. The zero-order valence-corrected chi connectivity index (χ0v) is 14.7. The maximum absolute atomic E-state index is 13.8. The minimum atomic E-state index is -0.839. The largest absolute Gasteiger partial charge is 0.463 e. The molecule has 25 heavy (non-hydrogen) atoms. The van der Waals surface area contributed by atoms with Crippen molar-refractivity contribution in [2.24, 2.45) is 0 Å². The summed E-state index contributed by atoms with van der Waals surface area (Å²) in [6.45, 7) is 3.56.